The normalized spacial score (nSPS) is 23.0. The second-order valence-electron chi connectivity index (χ2n) is 8.23. The van der Waals surface area contributed by atoms with Gasteiger partial charge in [-0.2, -0.15) is 0 Å². The summed E-state index contributed by atoms with van der Waals surface area (Å²) in [4.78, 5) is 5.08. The number of nitrogens with zero attached hydrogens (tertiary/aromatic N) is 2. The Balaban J connectivity index is 1.43. The maximum atomic E-state index is 13.0. The second kappa shape index (κ2) is 9.77. The van der Waals surface area contributed by atoms with Gasteiger partial charge in [0.25, 0.3) is 0 Å². The summed E-state index contributed by atoms with van der Waals surface area (Å²) in [6, 6.07) is 14.6. The average molecular weight is 464 g/mol. The van der Waals surface area contributed by atoms with E-state index in [1.165, 1.54) is 0 Å². The number of ether oxygens (including phenoxy) is 1. The van der Waals surface area contributed by atoms with Crippen molar-refractivity contribution in [1.29, 1.82) is 0 Å². The molecule has 0 spiro atoms. The molecule has 1 saturated carbocycles. The van der Waals surface area contributed by atoms with E-state index in [0.29, 0.717) is 5.02 Å². The predicted molar refractivity (Wildman–Crippen MR) is 125 cm³/mol. The van der Waals surface area contributed by atoms with Crippen LogP contribution in [0.1, 0.15) is 25.7 Å². The summed E-state index contributed by atoms with van der Waals surface area (Å²) < 4.78 is 34.4. The molecule has 1 saturated heterocycles. The first kappa shape index (κ1) is 22.4. The minimum absolute atomic E-state index is 0.0766. The molecule has 31 heavy (non-hydrogen) atoms. The number of piperazine rings is 1. The maximum absolute atomic E-state index is 13.0. The van der Waals surface area contributed by atoms with E-state index < -0.39 is 10.0 Å². The maximum Gasteiger partial charge on any atom is 0.240 e. The fourth-order valence-electron chi connectivity index (χ4n) is 4.75. The van der Waals surface area contributed by atoms with Gasteiger partial charge in [0.1, 0.15) is 5.75 Å². The Morgan fingerprint density at radius 3 is 2.35 bits per heavy atom. The number of sulfonamides is 1. The molecule has 1 N–H and O–H groups in total. The third-order valence-corrected chi connectivity index (χ3v) is 8.13. The molecule has 2 fully saturated rings. The Hall–Kier alpha value is -1.80. The van der Waals surface area contributed by atoms with Crippen LogP contribution in [0.4, 0.5) is 5.69 Å². The third kappa shape index (κ3) is 5.17. The first-order valence-corrected chi connectivity index (χ1v) is 12.7. The van der Waals surface area contributed by atoms with E-state index in [0.717, 1.165) is 63.3 Å². The van der Waals surface area contributed by atoms with Gasteiger partial charge in [-0.05, 0) is 49.2 Å². The average Bonchev–Trinajstić information content (AvgIpc) is 2.79. The molecule has 2 aliphatic rings. The second-order valence-corrected chi connectivity index (χ2v) is 10.4. The van der Waals surface area contributed by atoms with E-state index in [9.17, 15) is 8.42 Å². The van der Waals surface area contributed by atoms with E-state index in [4.69, 9.17) is 16.3 Å². The molecule has 2 aromatic rings. The number of anilines is 1. The molecule has 1 heterocycles. The van der Waals surface area contributed by atoms with Crippen LogP contribution in [0.3, 0.4) is 0 Å². The minimum Gasteiger partial charge on any atom is -0.495 e. The first-order valence-electron chi connectivity index (χ1n) is 10.9. The molecule has 6 nitrogen and oxygen atoms in total. The molecule has 1 aliphatic carbocycles. The van der Waals surface area contributed by atoms with Gasteiger partial charge in [-0.25, -0.2) is 13.1 Å². The van der Waals surface area contributed by atoms with Crippen LogP contribution < -0.4 is 14.4 Å². The Morgan fingerprint density at radius 2 is 1.65 bits per heavy atom. The van der Waals surface area contributed by atoms with Crippen LogP contribution in [-0.4, -0.2) is 58.7 Å². The minimum atomic E-state index is -3.57. The van der Waals surface area contributed by atoms with Crippen LogP contribution in [-0.2, 0) is 10.0 Å². The highest BCUT2D eigenvalue weighted by atomic mass is 35.5. The van der Waals surface area contributed by atoms with Gasteiger partial charge in [0, 0.05) is 43.3 Å². The Kier molecular flexibility index (Phi) is 7.06. The van der Waals surface area contributed by atoms with Gasteiger partial charge in [0.05, 0.1) is 17.7 Å². The molecule has 8 heteroatoms. The molecule has 2 atom stereocenters. The van der Waals surface area contributed by atoms with Crippen LogP contribution >= 0.6 is 11.6 Å². The summed E-state index contributed by atoms with van der Waals surface area (Å²) in [7, 11) is -1.87. The van der Waals surface area contributed by atoms with E-state index in [-0.39, 0.29) is 17.0 Å². The lowest BCUT2D eigenvalue weighted by molar-refractivity contribution is 0.124. The highest BCUT2D eigenvalue weighted by Gasteiger charge is 2.35. The molecule has 0 amide bonds. The highest BCUT2D eigenvalue weighted by Crippen LogP contribution is 2.30. The van der Waals surface area contributed by atoms with Gasteiger partial charge in [-0.1, -0.05) is 36.6 Å². The van der Waals surface area contributed by atoms with Gasteiger partial charge < -0.3 is 9.64 Å². The number of nitrogens with one attached hydrogen (secondary N) is 1. The summed E-state index contributed by atoms with van der Waals surface area (Å²) in [5.41, 5.74) is 1.12. The fraction of sp³-hybridized carbons (Fsp3) is 0.478. The Morgan fingerprint density at radius 1 is 0.968 bits per heavy atom. The lowest BCUT2D eigenvalue weighted by atomic mass is 9.89. The summed E-state index contributed by atoms with van der Waals surface area (Å²) >= 11 is 5.92. The van der Waals surface area contributed by atoms with E-state index >= 15 is 0 Å². The quantitative estimate of drug-likeness (QED) is 0.706. The monoisotopic (exact) mass is 463 g/mol. The van der Waals surface area contributed by atoms with Crippen LogP contribution in [0, 0.1) is 0 Å². The number of methoxy groups -OCH3 is 1. The first-order chi connectivity index (χ1) is 15.0. The third-order valence-electron chi connectivity index (χ3n) is 6.37. The summed E-state index contributed by atoms with van der Waals surface area (Å²) in [5, 5.41) is 0.530. The number of para-hydroxylation sites is 2. The number of hydrogen-bond acceptors (Lipinski definition) is 5. The number of benzene rings is 2. The smallest absolute Gasteiger partial charge is 0.240 e. The largest absolute Gasteiger partial charge is 0.495 e. The molecule has 2 aromatic carbocycles. The molecule has 0 bridgehead atoms. The van der Waals surface area contributed by atoms with Gasteiger partial charge >= 0.3 is 0 Å². The van der Waals surface area contributed by atoms with Crippen molar-refractivity contribution < 1.29 is 13.2 Å². The Bertz CT molecular complexity index is 976. The Labute approximate surface area is 190 Å². The molecule has 0 aromatic heterocycles. The standard InChI is InChI=1S/C23H30ClN3O3S/c1-30-23-9-5-4-8-22(23)27-16-14-26(15-17-27)21-7-3-2-6-20(21)25-31(28,29)19-12-10-18(24)11-13-19/h4-5,8-13,20-21,25H,2-3,6-7,14-17H2,1H3/t20-,21-/m1/s1. The van der Waals surface area contributed by atoms with E-state index in [1.54, 1.807) is 31.4 Å². The lowest BCUT2D eigenvalue weighted by Gasteiger charge is -2.44. The van der Waals surface area contributed by atoms with Crippen LogP contribution in [0.25, 0.3) is 0 Å². The molecule has 168 valence electrons. The fourth-order valence-corrected chi connectivity index (χ4v) is 6.18. The lowest BCUT2D eigenvalue weighted by Crippen LogP contribution is -2.58. The zero-order valence-electron chi connectivity index (χ0n) is 17.8. The van der Waals surface area contributed by atoms with Crippen LogP contribution in [0.5, 0.6) is 5.75 Å². The van der Waals surface area contributed by atoms with Crippen molar-refractivity contribution in [3.8, 4) is 5.75 Å². The van der Waals surface area contributed by atoms with Crippen molar-refractivity contribution >= 4 is 27.3 Å². The van der Waals surface area contributed by atoms with Gasteiger partial charge in [-0.15, -0.1) is 0 Å². The number of halogens is 1. The highest BCUT2D eigenvalue weighted by molar-refractivity contribution is 7.89. The van der Waals surface area contributed by atoms with Gasteiger partial charge in [0.2, 0.25) is 10.0 Å². The molecule has 4 rings (SSSR count). The van der Waals surface area contributed by atoms with Crippen molar-refractivity contribution in [3.05, 3.63) is 53.6 Å². The van der Waals surface area contributed by atoms with Crippen molar-refractivity contribution in [2.45, 2.75) is 42.7 Å². The number of rotatable bonds is 6. The summed E-state index contributed by atoms with van der Waals surface area (Å²) in [6.07, 6.45) is 4.06. The van der Waals surface area contributed by atoms with Crippen molar-refractivity contribution in [2.24, 2.45) is 0 Å². The summed E-state index contributed by atoms with van der Waals surface area (Å²) in [6.45, 7) is 3.60. The van der Waals surface area contributed by atoms with Crippen molar-refractivity contribution in [1.82, 2.24) is 9.62 Å². The topological polar surface area (TPSA) is 61.9 Å². The van der Waals surface area contributed by atoms with Gasteiger partial charge in [0.15, 0.2) is 0 Å². The molecular formula is C23H30ClN3O3S. The zero-order chi connectivity index (χ0) is 21.8. The molecule has 0 unspecified atom stereocenters. The van der Waals surface area contributed by atoms with Crippen LogP contribution in [0.2, 0.25) is 5.02 Å². The molecular weight excluding hydrogens is 434 g/mol. The van der Waals surface area contributed by atoms with E-state index in [2.05, 4.69) is 20.6 Å². The van der Waals surface area contributed by atoms with Crippen molar-refractivity contribution in [3.63, 3.8) is 0 Å². The number of hydrogen-bond donors (Lipinski definition) is 1. The van der Waals surface area contributed by atoms with Crippen LogP contribution in [0.15, 0.2) is 53.4 Å². The SMILES string of the molecule is COc1ccccc1N1CCN([C@@H]2CCCC[C@H]2NS(=O)(=O)c2ccc(Cl)cc2)CC1. The van der Waals surface area contributed by atoms with Gasteiger partial charge in [-0.3, -0.25) is 4.90 Å². The van der Waals surface area contributed by atoms with Crippen molar-refractivity contribution in [2.75, 3.05) is 38.2 Å². The summed E-state index contributed by atoms with van der Waals surface area (Å²) in [5.74, 6) is 0.891. The molecule has 0 radical (unpaired) electrons. The zero-order valence-corrected chi connectivity index (χ0v) is 19.4. The molecule has 1 aliphatic heterocycles. The van der Waals surface area contributed by atoms with E-state index in [1.807, 2.05) is 18.2 Å². The predicted octanol–water partition coefficient (Wildman–Crippen LogP) is 3.76.